The van der Waals surface area contributed by atoms with Gasteiger partial charge in [0.05, 0.1) is 8.80 Å². The van der Waals surface area contributed by atoms with E-state index in [1.807, 2.05) is 0 Å². The molecule has 3 nitrogen and oxygen atoms in total. The fourth-order valence-corrected chi connectivity index (χ4v) is 4.23. The Bertz CT molecular complexity index is 312. The molecule has 5 heteroatoms. The topological polar surface area (TPSA) is 27.7 Å². The first kappa shape index (κ1) is 13.6. The summed E-state index contributed by atoms with van der Waals surface area (Å²) in [5.41, 5.74) is 0. The van der Waals surface area contributed by atoms with Gasteiger partial charge in [0.1, 0.15) is 0 Å². The quantitative estimate of drug-likeness (QED) is 0.726. The van der Waals surface area contributed by atoms with Crippen LogP contribution in [0.15, 0.2) is 24.3 Å². The summed E-state index contributed by atoms with van der Waals surface area (Å²) < 4.78 is 16.3. The molecule has 16 heavy (non-hydrogen) atoms. The number of hydrogen-bond acceptors (Lipinski definition) is 3. The van der Waals surface area contributed by atoms with Crippen molar-refractivity contribution in [2.75, 3.05) is 21.3 Å². The Kier molecular flexibility index (Phi) is 4.88. The smallest absolute Gasteiger partial charge is 0.373 e. The molecule has 0 spiro atoms. The molecular formula is C11H19O3Si2. The third-order valence-electron chi connectivity index (χ3n) is 2.62. The Morgan fingerprint density at radius 2 is 1.31 bits per heavy atom. The highest BCUT2D eigenvalue weighted by atomic mass is 28.4. The van der Waals surface area contributed by atoms with E-state index in [0.29, 0.717) is 0 Å². The third kappa shape index (κ3) is 2.61. The van der Waals surface area contributed by atoms with Gasteiger partial charge in [0.15, 0.2) is 0 Å². The molecular weight excluding hydrogens is 236 g/mol. The Balaban J connectivity index is 3.03. The van der Waals surface area contributed by atoms with E-state index in [2.05, 4.69) is 37.4 Å². The van der Waals surface area contributed by atoms with Crippen LogP contribution in [0.25, 0.3) is 0 Å². The molecule has 0 saturated carbocycles. The summed E-state index contributed by atoms with van der Waals surface area (Å²) in [4.78, 5) is 0. The molecule has 0 N–H and O–H groups in total. The van der Waals surface area contributed by atoms with Crippen molar-refractivity contribution in [1.29, 1.82) is 0 Å². The van der Waals surface area contributed by atoms with Crippen molar-refractivity contribution in [1.82, 2.24) is 0 Å². The second kappa shape index (κ2) is 5.74. The molecule has 0 aliphatic rings. The minimum atomic E-state index is -2.64. The van der Waals surface area contributed by atoms with Crippen LogP contribution in [0.1, 0.15) is 0 Å². The third-order valence-corrected chi connectivity index (χ3v) is 6.76. The van der Waals surface area contributed by atoms with E-state index < -0.39 is 17.6 Å². The van der Waals surface area contributed by atoms with E-state index in [1.54, 1.807) is 21.3 Å². The summed E-state index contributed by atoms with van der Waals surface area (Å²) in [7, 11) is 1.84. The molecule has 0 bridgehead atoms. The van der Waals surface area contributed by atoms with Crippen molar-refractivity contribution >= 4 is 28.0 Å². The molecule has 1 rings (SSSR count). The predicted molar refractivity (Wildman–Crippen MR) is 70.0 cm³/mol. The number of hydrogen-bond donors (Lipinski definition) is 0. The first-order chi connectivity index (χ1) is 7.59. The first-order valence-electron chi connectivity index (χ1n) is 5.16. The maximum atomic E-state index is 5.43. The van der Waals surface area contributed by atoms with Crippen LogP contribution >= 0.6 is 0 Å². The number of benzene rings is 1. The molecule has 0 aliphatic carbocycles. The van der Waals surface area contributed by atoms with Gasteiger partial charge in [-0.2, -0.15) is 0 Å². The zero-order valence-corrected chi connectivity index (χ0v) is 12.5. The molecule has 0 atom stereocenters. The highest BCUT2D eigenvalue weighted by Crippen LogP contribution is 2.06. The largest absolute Gasteiger partial charge is 0.536 e. The van der Waals surface area contributed by atoms with Crippen molar-refractivity contribution in [2.45, 2.75) is 13.1 Å². The van der Waals surface area contributed by atoms with Gasteiger partial charge < -0.3 is 13.3 Å². The molecule has 0 aliphatic heterocycles. The van der Waals surface area contributed by atoms with E-state index in [-0.39, 0.29) is 0 Å². The van der Waals surface area contributed by atoms with Crippen molar-refractivity contribution in [3.05, 3.63) is 24.3 Å². The van der Waals surface area contributed by atoms with Crippen molar-refractivity contribution in [3.63, 3.8) is 0 Å². The van der Waals surface area contributed by atoms with E-state index >= 15 is 0 Å². The molecule has 1 radical (unpaired) electrons. The van der Waals surface area contributed by atoms with Gasteiger partial charge in [0.2, 0.25) is 0 Å². The zero-order valence-electron chi connectivity index (χ0n) is 10.5. The van der Waals surface area contributed by atoms with Gasteiger partial charge in [-0.1, -0.05) is 42.5 Å². The van der Waals surface area contributed by atoms with E-state index in [1.165, 1.54) is 5.19 Å². The maximum Gasteiger partial charge on any atom is 0.536 e. The fourth-order valence-electron chi connectivity index (χ4n) is 1.61. The van der Waals surface area contributed by atoms with Crippen LogP contribution < -0.4 is 10.4 Å². The molecule has 1 aromatic carbocycles. The zero-order chi connectivity index (χ0) is 12.2. The van der Waals surface area contributed by atoms with Crippen molar-refractivity contribution < 1.29 is 13.3 Å². The first-order valence-corrected chi connectivity index (χ1v) is 9.38. The lowest BCUT2D eigenvalue weighted by molar-refractivity contribution is 0.140. The minimum absolute atomic E-state index is 0.400. The van der Waals surface area contributed by atoms with Gasteiger partial charge in [0, 0.05) is 26.5 Å². The molecule has 0 aromatic heterocycles. The molecule has 0 unspecified atom stereocenters. The SMILES string of the molecule is CO[Si](OC)(OC)c1ccc([Si](C)C)cc1. The lowest BCUT2D eigenvalue weighted by atomic mass is 10.4. The van der Waals surface area contributed by atoms with Crippen LogP contribution in [0.5, 0.6) is 0 Å². The van der Waals surface area contributed by atoms with Gasteiger partial charge >= 0.3 is 8.80 Å². The lowest BCUT2D eigenvalue weighted by Crippen LogP contribution is -2.54. The molecule has 0 heterocycles. The van der Waals surface area contributed by atoms with Crippen molar-refractivity contribution in [2.24, 2.45) is 0 Å². The van der Waals surface area contributed by atoms with Crippen LogP contribution in [0.4, 0.5) is 0 Å². The summed E-state index contributed by atoms with van der Waals surface area (Å²) in [6, 6.07) is 8.39. The average molecular weight is 255 g/mol. The molecule has 0 amide bonds. The Labute approximate surface area is 100 Å². The van der Waals surface area contributed by atoms with E-state index in [0.717, 1.165) is 5.19 Å². The fraction of sp³-hybridized carbons (Fsp3) is 0.455. The monoisotopic (exact) mass is 255 g/mol. The second-order valence-corrected chi connectivity index (χ2v) is 9.24. The highest BCUT2D eigenvalue weighted by molar-refractivity contribution is 6.75. The van der Waals surface area contributed by atoms with Crippen LogP contribution in [0, 0.1) is 0 Å². The predicted octanol–water partition coefficient (Wildman–Crippen LogP) is 0.733. The standard InChI is InChI=1S/C11H19O3Si2/c1-12-16(13-2,14-3)11-8-6-10(7-9-11)15(4)5/h6-9H,1-5H3. The summed E-state index contributed by atoms with van der Waals surface area (Å²) in [5, 5.41) is 2.41. The van der Waals surface area contributed by atoms with Gasteiger partial charge in [-0.05, 0) is 0 Å². The van der Waals surface area contributed by atoms with Gasteiger partial charge in [-0.15, -0.1) is 0 Å². The summed E-state index contributed by atoms with van der Waals surface area (Å²) in [5.74, 6) is 0. The van der Waals surface area contributed by atoms with Crippen LogP contribution in [0.3, 0.4) is 0 Å². The average Bonchev–Trinajstić information content (AvgIpc) is 2.33. The van der Waals surface area contributed by atoms with Gasteiger partial charge in [-0.3, -0.25) is 0 Å². The molecule has 89 valence electrons. The second-order valence-electron chi connectivity index (χ2n) is 3.75. The summed E-state index contributed by atoms with van der Waals surface area (Å²) >= 11 is 0. The van der Waals surface area contributed by atoms with Gasteiger partial charge in [0.25, 0.3) is 0 Å². The molecule has 1 aromatic rings. The Hall–Kier alpha value is -0.466. The molecule has 0 saturated heterocycles. The van der Waals surface area contributed by atoms with E-state index in [4.69, 9.17) is 13.3 Å². The van der Waals surface area contributed by atoms with Crippen molar-refractivity contribution in [3.8, 4) is 0 Å². The van der Waals surface area contributed by atoms with Crippen LogP contribution in [-0.4, -0.2) is 38.9 Å². The minimum Gasteiger partial charge on any atom is -0.373 e. The maximum absolute atomic E-state index is 5.43. The molecule has 0 fully saturated rings. The summed E-state index contributed by atoms with van der Waals surface area (Å²) in [6.07, 6.45) is 0. The summed E-state index contributed by atoms with van der Waals surface area (Å²) in [6.45, 7) is 4.54. The lowest BCUT2D eigenvalue weighted by Gasteiger charge is -2.24. The Morgan fingerprint density at radius 1 is 0.875 bits per heavy atom. The van der Waals surface area contributed by atoms with Crippen LogP contribution in [0.2, 0.25) is 13.1 Å². The van der Waals surface area contributed by atoms with Gasteiger partial charge in [-0.25, -0.2) is 0 Å². The Morgan fingerprint density at radius 3 is 1.62 bits per heavy atom. The highest BCUT2D eigenvalue weighted by Gasteiger charge is 2.40. The van der Waals surface area contributed by atoms with E-state index in [9.17, 15) is 0 Å². The number of rotatable bonds is 5. The normalized spacial score (nSPS) is 12.1. The van der Waals surface area contributed by atoms with Crippen LogP contribution in [-0.2, 0) is 13.3 Å².